The first-order valence-corrected chi connectivity index (χ1v) is 13.2. The third-order valence-electron chi connectivity index (χ3n) is 8.34. The van der Waals surface area contributed by atoms with Crippen molar-refractivity contribution in [1.29, 1.82) is 0 Å². The molecule has 0 radical (unpaired) electrons. The van der Waals surface area contributed by atoms with Crippen molar-refractivity contribution in [3.8, 4) is 11.5 Å². The molecule has 192 valence electrons. The number of fused-ring (bicyclic) bond motifs is 2. The molecule has 2 aromatic heterocycles. The number of hydrogen-bond acceptors (Lipinski definition) is 8. The molecule has 4 heterocycles. The van der Waals surface area contributed by atoms with E-state index in [-0.39, 0.29) is 17.6 Å². The van der Waals surface area contributed by atoms with Crippen LogP contribution in [0, 0.1) is 0 Å². The van der Waals surface area contributed by atoms with E-state index in [0.717, 1.165) is 43.7 Å². The molecule has 0 amide bonds. The standard InChI is InChI=1S/C26H35N7O3/c1-35-22-14-17-13-20(26(34)27-21(17)15-23(22)36-2)24(32-12-11-31-10-6-9-19(31)16-32)25-28-29-30-33(25)18-7-4-3-5-8-18/h13-15,18-19,24H,3-12,16H2,1-2H3,(H,27,34)/t19-,24+/m1/s1. The molecule has 1 aliphatic carbocycles. The third-order valence-corrected chi connectivity index (χ3v) is 8.34. The minimum atomic E-state index is -0.314. The van der Waals surface area contributed by atoms with Crippen LogP contribution in [-0.2, 0) is 0 Å². The van der Waals surface area contributed by atoms with E-state index in [2.05, 4.69) is 30.3 Å². The van der Waals surface area contributed by atoms with Gasteiger partial charge < -0.3 is 14.5 Å². The van der Waals surface area contributed by atoms with Crippen molar-refractivity contribution in [3.05, 3.63) is 39.9 Å². The van der Waals surface area contributed by atoms with Gasteiger partial charge in [0.05, 0.1) is 25.8 Å². The molecular formula is C26H35N7O3. The number of pyridine rings is 1. The number of benzene rings is 1. The summed E-state index contributed by atoms with van der Waals surface area (Å²) in [6.07, 6.45) is 8.22. The molecular weight excluding hydrogens is 458 g/mol. The zero-order valence-electron chi connectivity index (χ0n) is 21.2. The molecule has 0 bridgehead atoms. The summed E-state index contributed by atoms with van der Waals surface area (Å²) in [5.41, 5.74) is 1.27. The Bertz CT molecular complexity index is 1280. The fourth-order valence-corrected chi connectivity index (χ4v) is 6.47. The Labute approximate surface area is 210 Å². The lowest BCUT2D eigenvalue weighted by molar-refractivity contribution is 0.0778. The molecule has 0 unspecified atom stereocenters. The summed E-state index contributed by atoms with van der Waals surface area (Å²) in [4.78, 5) is 21.8. The highest BCUT2D eigenvalue weighted by Crippen LogP contribution is 2.36. The van der Waals surface area contributed by atoms with E-state index in [1.165, 1.54) is 38.6 Å². The molecule has 1 saturated carbocycles. The average Bonchev–Trinajstić information content (AvgIpc) is 3.58. The van der Waals surface area contributed by atoms with Crippen LogP contribution in [0.3, 0.4) is 0 Å². The molecule has 10 heteroatoms. The van der Waals surface area contributed by atoms with Gasteiger partial charge in [0.25, 0.3) is 5.56 Å². The second-order valence-corrected chi connectivity index (χ2v) is 10.4. The van der Waals surface area contributed by atoms with Gasteiger partial charge in [-0.25, -0.2) is 4.68 Å². The van der Waals surface area contributed by atoms with E-state index in [9.17, 15) is 4.79 Å². The maximum Gasteiger partial charge on any atom is 0.253 e. The van der Waals surface area contributed by atoms with E-state index < -0.39 is 0 Å². The highest BCUT2D eigenvalue weighted by Gasteiger charge is 2.38. The molecule has 1 aromatic carbocycles. The summed E-state index contributed by atoms with van der Waals surface area (Å²) < 4.78 is 13.0. The first-order chi connectivity index (χ1) is 17.7. The van der Waals surface area contributed by atoms with E-state index >= 15 is 0 Å². The summed E-state index contributed by atoms with van der Waals surface area (Å²) in [6.45, 7) is 3.96. The number of aromatic nitrogens is 5. The van der Waals surface area contributed by atoms with E-state index in [4.69, 9.17) is 9.47 Å². The maximum absolute atomic E-state index is 13.6. The minimum absolute atomic E-state index is 0.119. The molecule has 3 aromatic rings. The number of nitrogens with one attached hydrogen (secondary N) is 1. The summed E-state index contributed by atoms with van der Waals surface area (Å²) in [5, 5.41) is 14.0. The Hall–Kier alpha value is -2.98. The molecule has 2 aliphatic heterocycles. The monoisotopic (exact) mass is 493 g/mol. The average molecular weight is 494 g/mol. The van der Waals surface area contributed by atoms with Crippen LogP contribution in [0.5, 0.6) is 11.5 Å². The zero-order chi connectivity index (χ0) is 24.6. The van der Waals surface area contributed by atoms with E-state index in [1.807, 2.05) is 22.9 Å². The SMILES string of the molecule is COc1cc2cc([C@@H](c3nnnn3C3CCCCC3)N3CCN4CCC[C@@H]4C3)c(=O)[nH]c2cc1OC. The predicted octanol–water partition coefficient (Wildman–Crippen LogP) is 2.91. The Kier molecular flexibility index (Phi) is 6.39. The number of piperazine rings is 1. The van der Waals surface area contributed by atoms with Gasteiger partial charge in [-0.1, -0.05) is 19.3 Å². The molecule has 10 nitrogen and oxygen atoms in total. The number of methoxy groups -OCH3 is 2. The van der Waals surface area contributed by atoms with Crippen molar-refractivity contribution in [2.75, 3.05) is 40.4 Å². The van der Waals surface area contributed by atoms with Crippen molar-refractivity contribution in [1.82, 2.24) is 35.0 Å². The zero-order valence-corrected chi connectivity index (χ0v) is 21.2. The molecule has 2 saturated heterocycles. The van der Waals surface area contributed by atoms with Gasteiger partial charge in [-0.3, -0.25) is 14.6 Å². The smallest absolute Gasteiger partial charge is 0.253 e. The molecule has 2 atom stereocenters. The van der Waals surface area contributed by atoms with Crippen LogP contribution in [0.1, 0.15) is 68.4 Å². The first-order valence-electron chi connectivity index (χ1n) is 13.2. The minimum Gasteiger partial charge on any atom is -0.493 e. The van der Waals surface area contributed by atoms with Crippen LogP contribution in [0.4, 0.5) is 0 Å². The van der Waals surface area contributed by atoms with Gasteiger partial charge in [0.1, 0.15) is 6.04 Å². The fraction of sp³-hybridized carbons (Fsp3) is 0.615. The first kappa shape index (κ1) is 23.4. The van der Waals surface area contributed by atoms with Gasteiger partial charge in [-0.2, -0.15) is 0 Å². The topological polar surface area (TPSA) is 101 Å². The lowest BCUT2D eigenvalue weighted by atomic mass is 9.94. The lowest BCUT2D eigenvalue weighted by Crippen LogP contribution is -2.52. The summed E-state index contributed by atoms with van der Waals surface area (Å²) in [5.74, 6) is 1.99. The highest BCUT2D eigenvalue weighted by atomic mass is 16.5. The Morgan fingerprint density at radius 3 is 2.53 bits per heavy atom. The number of aromatic amines is 1. The summed E-state index contributed by atoms with van der Waals surface area (Å²) >= 11 is 0. The van der Waals surface area contributed by atoms with Crippen LogP contribution >= 0.6 is 0 Å². The fourth-order valence-electron chi connectivity index (χ4n) is 6.47. The number of H-pyrrole nitrogens is 1. The molecule has 3 fully saturated rings. The van der Waals surface area contributed by atoms with Gasteiger partial charge in [0.2, 0.25) is 0 Å². The Morgan fingerprint density at radius 1 is 0.944 bits per heavy atom. The third kappa shape index (κ3) is 4.16. The normalized spacial score (nSPS) is 22.6. The second kappa shape index (κ2) is 9.82. The number of rotatable bonds is 6. The highest BCUT2D eigenvalue weighted by molar-refractivity contribution is 5.83. The number of tetrazole rings is 1. The van der Waals surface area contributed by atoms with Gasteiger partial charge >= 0.3 is 0 Å². The predicted molar refractivity (Wildman–Crippen MR) is 136 cm³/mol. The van der Waals surface area contributed by atoms with Gasteiger partial charge in [-0.05, 0) is 54.8 Å². The van der Waals surface area contributed by atoms with Crippen LogP contribution < -0.4 is 15.0 Å². The van der Waals surface area contributed by atoms with Crippen molar-refractivity contribution in [2.24, 2.45) is 0 Å². The number of ether oxygens (including phenoxy) is 2. The molecule has 3 aliphatic rings. The molecule has 36 heavy (non-hydrogen) atoms. The van der Waals surface area contributed by atoms with Crippen LogP contribution in [0.25, 0.3) is 10.9 Å². The van der Waals surface area contributed by atoms with Gasteiger partial charge in [-0.15, -0.1) is 5.10 Å². The number of nitrogens with zero attached hydrogens (tertiary/aromatic N) is 6. The quantitative estimate of drug-likeness (QED) is 0.559. The van der Waals surface area contributed by atoms with Gasteiger partial charge in [0, 0.05) is 42.7 Å². The largest absolute Gasteiger partial charge is 0.493 e. The second-order valence-electron chi connectivity index (χ2n) is 10.4. The molecule has 0 spiro atoms. The van der Waals surface area contributed by atoms with E-state index in [1.54, 1.807) is 14.2 Å². The summed E-state index contributed by atoms with van der Waals surface area (Å²) in [6, 6.07) is 6.21. The van der Waals surface area contributed by atoms with Gasteiger partial charge in [0.15, 0.2) is 17.3 Å². The van der Waals surface area contributed by atoms with Crippen LogP contribution in [0.2, 0.25) is 0 Å². The Morgan fingerprint density at radius 2 is 1.72 bits per heavy atom. The van der Waals surface area contributed by atoms with Crippen molar-refractivity contribution < 1.29 is 9.47 Å². The van der Waals surface area contributed by atoms with E-state index in [0.29, 0.717) is 28.6 Å². The van der Waals surface area contributed by atoms with Crippen molar-refractivity contribution >= 4 is 10.9 Å². The summed E-state index contributed by atoms with van der Waals surface area (Å²) in [7, 11) is 3.22. The van der Waals surface area contributed by atoms with Crippen LogP contribution in [0.15, 0.2) is 23.0 Å². The van der Waals surface area contributed by atoms with Crippen LogP contribution in [-0.4, -0.2) is 81.4 Å². The van der Waals surface area contributed by atoms with Crippen molar-refractivity contribution in [2.45, 2.75) is 63.1 Å². The number of hydrogen-bond donors (Lipinski definition) is 1. The molecule has 6 rings (SSSR count). The van der Waals surface area contributed by atoms with Crippen molar-refractivity contribution in [3.63, 3.8) is 0 Å². The Balaban J connectivity index is 1.47. The molecule has 1 N–H and O–H groups in total. The maximum atomic E-state index is 13.6. The lowest BCUT2D eigenvalue weighted by Gasteiger charge is -2.41.